The van der Waals surface area contributed by atoms with Crippen molar-refractivity contribution in [2.75, 3.05) is 13.2 Å². The van der Waals surface area contributed by atoms with Crippen LogP contribution in [0.3, 0.4) is 0 Å². The Hall–Kier alpha value is -0.160. The first-order valence-electron chi connectivity index (χ1n) is 10.8. The van der Waals surface area contributed by atoms with E-state index in [2.05, 4.69) is 6.92 Å². The first kappa shape index (κ1) is 22.9. The molecule has 0 radical (unpaired) electrons. The predicted octanol–water partition coefficient (Wildman–Crippen LogP) is 4.95. The van der Waals surface area contributed by atoms with Gasteiger partial charge in [0, 0.05) is 13.0 Å². The molecule has 150 valence electrons. The van der Waals surface area contributed by atoms with Gasteiger partial charge in [0.1, 0.15) is 6.10 Å². The third kappa shape index (κ3) is 12.8. The lowest BCUT2D eigenvalue weighted by Gasteiger charge is -2.13. The third-order valence-corrected chi connectivity index (χ3v) is 5.13. The molecule has 0 saturated carbocycles. The number of rotatable bonds is 17. The van der Waals surface area contributed by atoms with Crippen LogP contribution in [0.4, 0.5) is 0 Å². The summed E-state index contributed by atoms with van der Waals surface area (Å²) in [4.78, 5) is 0. The molecule has 25 heavy (non-hydrogen) atoms. The smallest absolute Gasteiger partial charge is 0.157 e. The molecule has 0 bridgehead atoms. The molecule has 3 atom stereocenters. The van der Waals surface area contributed by atoms with Crippen molar-refractivity contribution in [1.82, 2.24) is 0 Å². The van der Waals surface area contributed by atoms with Crippen molar-refractivity contribution in [2.45, 2.75) is 122 Å². The molecule has 4 nitrogen and oxygen atoms in total. The van der Waals surface area contributed by atoms with Crippen molar-refractivity contribution in [2.24, 2.45) is 0 Å². The third-order valence-electron chi connectivity index (χ3n) is 5.13. The topological polar surface area (TPSA) is 58.9 Å². The van der Waals surface area contributed by atoms with Crippen molar-refractivity contribution in [1.29, 1.82) is 0 Å². The van der Waals surface area contributed by atoms with Gasteiger partial charge in [-0.05, 0) is 6.42 Å². The number of hydrogen-bond donors (Lipinski definition) is 2. The van der Waals surface area contributed by atoms with Gasteiger partial charge in [0.15, 0.2) is 6.29 Å². The molecular weight excluding hydrogens is 316 g/mol. The average molecular weight is 359 g/mol. The number of aliphatic hydroxyl groups excluding tert-OH is 2. The van der Waals surface area contributed by atoms with E-state index in [0.29, 0.717) is 13.0 Å². The minimum Gasteiger partial charge on any atom is -0.390 e. The number of unbranched alkanes of at least 4 members (excludes halogenated alkanes) is 13. The highest BCUT2D eigenvalue weighted by Gasteiger charge is 2.32. The lowest BCUT2D eigenvalue weighted by Crippen LogP contribution is -2.26. The Morgan fingerprint density at radius 2 is 1.24 bits per heavy atom. The summed E-state index contributed by atoms with van der Waals surface area (Å²) in [5.74, 6) is 0. The fourth-order valence-electron chi connectivity index (χ4n) is 3.45. The van der Waals surface area contributed by atoms with Crippen LogP contribution in [0.15, 0.2) is 0 Å². The molecule has 2 N–H and O–H groups in total. The van der Waals surface area contributed by atoms with Gasteiger partial charge < -0.3 is 19.7 Å². The molecule has 1 heterocycles. The Morgan fingerprint density at radius 3 is 1.68 bits per heavy atom. The van der Waals surface area contributed by atoms with Gasteiger partial charge in [-0.1, -0.05) is 90.4 Å². The molecule has 1 aliphatic rings. The summed E-state index contributed by atoms with van der Waals surface area (Å²) >= 11 is 0. The zero-order valence-corrected chi connectivity index (χ0v) is 16.5. The largest absolute Gasteiger partial charge is 0.390 e. The van der Waals surface area contributed by atoms with Crippen LogP contribution in [0, 0.1) is 0 Å². The minimum atomic E-state index is -0.829. The predicted molar refractivity (Wildman–Crippen MR) is 103 cm³/mol. The van der Waals surface area contributed by atoms with Gasteiger partial charge in [0.25, 0.3) is 0 Å². The standard InChI is InChI=1S/C21H42O4/c1-2-3-4-5-6-7-8-9-10-11-12-13-14-15-16-24-18-20-19(22)17-21(23)25-20/h19-23H,2-18H2,1H3/t19-,20+,21?/m0/s1. The first-order valence-corrected chi connectivity index (χ1v) is 10.8. The monoisotopic (exact) mass is 358 g/mol. The molecule has 1 rings (SSSR count). The lowest BCUT2D eigenvalue weighted by molar-refractivity contribution is -0.115. The van der Waals surface area contributed by atoms with Crippen LogP contribution in [-0.2, 0) is 9.47 Å². The van der Waals surface area contributed by atoms with Gasteiger partial charge in [0.05, 0.1) is 12.7 Å². The van der Waals surface area contributed by atoms with Crippen molar-refractivity contribution < 1.29 is 19.7 Å². The molecule has 1 fully saturated rings. The maximum absolute atomic E-state index is 9.62. The quantitative estimate of drug-likeness (QED) is 0.361. The Balaban J connectivity index is 1.71. The van der Waals surface area contributed by atoms with Crippen LogP contribution in [0.25, 0.3) is 0 Å². The Kier molecular flexibility index (Phi) is 14.7. The second-order valence-corrected chi connectivity index (χ2v) is 7.60. The highest BCUT2D eigenvalue weighted by molar-refractivity contribution is 4.76. The fourth-order valence-corrected chi connectivity index (χ4v) is 3.45. The molecule has 1 saturated heterocycles. The number of hydrogen-bond acceptors (Lipinski definition) is 4. The Bertz CT molecular complexity index is 285. The molecule has 0 amide bonds. The first-order chi connectivity index (χ1) is 12.2. The van der Waals surface area contributed by atoms with Crippen molar-refractivity contribution in [3.8, 4) is 0 Å². The summed E-state index contributed by atoms with van der Waals surface area (Å²) < 4.78 is 10.7. The number of ether oxygens (including phenoxy) is 2. The second kappa shape index (κ2) is 16.0. The van der Waals surface area contributed by atoms with E-state index in [0.717, 1.165) is 13.0 Å². The normalized spacial score (nSPS) is 23.4. The highest BCUT2D eigenvalue weighted by Crippen LogP contribution is 2.19. The highest BCUT2D eigenvalue weighted by atomic mass is 16.6. The Labute approximate surface area is 155 Å². The van der Waals surface area contributed by atoms with E-state index < -0.39 is 12.4 Å². The molecule has 0 aromatic heterocycles. The van der Waals surface area contributed by atoms with E-state index in [1.54, 1.807) is 0 Å². The van der Waals surface area contributed by atoms with Gasteiger partial charge in [-0.15, -0.1) is 0 Å². The molecule has 0 spiro atoms. The average Bonchev–Trinajstić information content (AvgIpc) is 2.92. The fraction of sp³-hybridized carbons (Fsp3) is 1.00. The van der Waals surface area contributed by atoms with E-state index in [4.69, 9.17) is 9.47 Å². The van der Waals surface area contributed by atoms with Gasteiger partial charge in [-0.2, -0.15) is 0 Å². The van der Waals surface area contributed by atoms with Gasteiger partial charge >= 0.3 is 0 Å². The lowest BCUT2D eigenvalue weighted by atomic mass is 10.0. The van der Waals surface area contributed by atoms with E-state index in [9.17, 15) is 10.2 Å². The van der Waals surface area contributed by atoms with Crippen molar-refractivity contribution in [3.05, 3.63) is 0 Å². The maximum atomic E-state index is 9.62. The van der Waals surface area contributed by atoms with Crippen LogP contribution >= 0.6 is 0 Å². The van der Waals surface area contributed by atoms with Crippen LogP contribution in [0.2, 0.25) is 0 Å². The SMILES string of the molecule is CCCCCCCCCCCCCCCCOC[C@H]1OC(O)C[C@@H]1O. The zero-order chi connectivity index (χ0) is 18.2. The van der Waals surface area contributed by atoms with Crippen molar-refractivity contribution in [3.63, 3.8) is 0 Å². The summed E-state index contributed by atoms with van der Waals surface area (Å²) in [6.45, 7) is 3.38. The molecule has 1 aliphatic heterocycles. The van der Waals surface area contributed by atoms with Crippen LogP contribution < -0.4 is 0 Å². The van der Waals surface area contributed by atoms with E-state index >= 15 is 0 Å². The van der Waals surface area contributed by atoms with Gasteiger partial charge in [-0.25, -0.2) is 0 Å². The maximum Gasteiger partial charge on any atom is 0.157 e. The van der Waals surface area contributed by atoms with Crippen LogP contribution in [0.1, 0.15) is 103 Å². The van der Waals surface area contributed by atoms with Crippen molar-refractivity contribution >= 4 is 0 Å². The van der Waals surface area contributed by atoms with Gasteiger partial charge in [-0.3, -0.25) is 0 Å². The Morgan fingerprint density at radius 1 is 0.760 bits per heavy atom. The summed E-state index contributed by atoms with van der Waals surface area (Å²) in [5, 5.41) is 18.9. The molecule has 0 aromatic carbocycles. The summed E-state index contributed by atoms with van der Waals surface area (Å²) in [7, 11) is 0. The zero-order valence-electron chi connectivity index (χ0n) is 16.5. The molecule has 1 unspecified atom stereocenters. The van der Waals surface area contributed by atoms with Crippen LogP contribution in [0.5, 0.6) is 0 Å². The number of aliphatic hydroxyl groups is 2. The summed E-state index contributed by atoms with van der Waals surface area (Å²) in [6.07, 6.45) is 17.5. The van der Waals surface area contributed by atoms with Gasteiger partial charge in [0.2, 0.25) is 0 Å². The molecule has 4 heteroatoms. The van der Waals surface area contributed by atoms with E-state index in [-0.39, 0.29) is 6.10 Å². The van der Waals surface area contributed by atoms with Crippen LogP contribution in [-0.4, -0.2) is 41.9 Å². The molecular formula is C21H42O4. The van der Waals surface area contributed by atoms with E-state index in [1.807, 2.05) is 0 Å². The minimum absolute atomic E-state index is 0.298. The second-order valence-electron chi connectivity index (χ2n) is 7.60. The van der Waals surface area contributed by atoms with E-state index in [1.165, 1.54) is 83.5 Å². The molecule has 0 aliphatic carbocycles. The summed E-state index contributed by atoms with van der Waals surface area (Å²) in [5.41, 5.74) is 0. The molecule has 0 aromatic rings. The summed E-state index contributed by atoms with van der Waals surface area (Å²) in [6, 6.07) is 0.